The van der Waals surface area contributed by atoms with Gasteiger partial charge in [-0.3, -0.25) is 0 Å². The summed E-state index contributed by atoms with van der Waals surface area (Å²) in [5, 5.41) is 25.1. The molecule has 0 amide bonds. The summed E-state index contributed by atoms with van der Waals surface area (Å²) < 4.78 is 0. The SMILES string of the molecule is C#CCCNC(=S)NCCc1ccc(O)c(O)c1. The molecule has 5 heteroatoms. The fourth-order valence-electron chi connectivity index (χ4n) is 1.36. The predicted octanol–water partition coefficient (Wildman–Crippen LogP) is 1.13. The van der Waals surface area contributed by atoms with E-state index in [2.05, 4.69) is 16.6 Å². The Morgan fingerprint density at radius 1 is 1.22 bits per heavy atom. The second kappa shape index (κ2) is 7.41. The first-order chi connectivity index (χ1) is 8.63. The summed E-state index contributed by atoms with van der Waals surface area (Å²) in [6, 6.07) is 4.76. The number of nitrogens with one attached hydrogen (secondary N) is 2. The van der Waals surface area contributed by atoms with Gasteiger partial charge in [0.1, 0.15) is 0 Å². The van der Waals surface area contributed by atoms with Crippen LogP contribution in [0.1, 0.15) is 12.0 Å². The number of benzene rings is 1. The van der Waals surface area contributed by atoms with Crippen molar-refractivity contribution in [2.75, 3.05) is 13.1 Å². The standard InChI is InChI=1S/C13H16N2O2S/c1-2-3-7-14-13(18)15-8-6-10-4-5-11(16)12(17)9-10/h1,4-5,9,16-17H,3,6-8H2,(H2,14,15,18). The van der Waals surface area contributed by atoms with E-state index in [4.69, 9.17) is 23.7 Å². The van der Waals surface area contributed by atoms with Crippen LogP contribution in [0.5, 0.6) is 11.5 Å². The van der Waals surface area contributed by atoms with Gasteiger partial charge in [0.05, 0.1) is 0 Å². The first-order valence-corrected chi connectivity index (χ1v) is 6.00. The van der Waals surface area contributed by atoms with E-state index < -0.39 is 0 Å². The third-order valence-corrected chi connectivity index (χ3v) is 2.58. The van der Waals surface area contributed by atoms with Gasteiger partial charge in [0, 0.05) is 19.5 Å². The Labute approximate surface area is 112 Å². The summed E-state index contributed by atoms with van der Waals surface area (Å²) in [7, 11) is 0. The van der Waals surface area contributed by atoms with Crippen LogP contribution in [0.15, 0.2) is 18.2 Å². The number of hydrogen-bond acceptors (Lipinski definition) is 3. The van der Waals surface area contributed by atoms with Crippen LogP contribution in [0.3, 0.4) is 0 Å². The molecule has 0 saturated heterocycles. The van der Waals surface area contributed by atoms with Crippen molar-refractivity contribution in [3.8, 4) is 23.8 Å². The summed E-state index contributed by atoms with van der Waals surface area (Å²) >= 11 is 5.05. The molecular formula is C13H16N2O2S. The smallest absolute Gasteiger partial charge is 0.166 e. The van der Waals surface area contributed by atoms with Gasteiger partial charge in [-0.05, 0) is 36.3 Å². The Bertz CT molecular complexity index is 455. The minimum absolute atomic E-state index is 0.109. The molecule has 0 atom stereocenters. The Kier molecular flexibility index (Phi) is 5.81. The first kappa shape index (κ1) is 14.1. The normalized spacial score (nSPS) is 9.50. The Hall–Kier alpha value is -1.93. The maximum Gasteiger partial charge on any atom is 0.166 e. The quantitative estimate of drug-likeness (QED) is 0.278. The largest absolute Gasteiger partial charge is 0.504 e. The van der Waals surface area contributed by atoms with Gasteiger partial charge in [0.2, 0.25) is 0 Å². The minimum Gasteiger partial charge on any atom is -0.504 e. The van der Waals surface area contributed by atoms with Crippen LogP contribution in [-0.2, 0) is 6.42 Å². The maximum absolute atomic E-state index is 9.32. The molecule has 0 unspecified atom stereocenters. The van der Waals surface area contributed by atoms with Crippen molar-refractivity contribution in [2.24, 2.45) is 0 Å². The molecule has 0 aromatic heterocycles. The van der Waals surface area contributed by atoms with Gasteiger partial charge in [-0.1, -0.05) is 6.07 Å². The molecular weight excluding hydrogens is 248 g/mol. The summed E-state index contributed by atoms with van der Waals surface area (Å²) in [5.41, 5.74) is 0.921. The average Bonchev–Trinajstić information content (AvgIpc) is 2.34. The third kappa shape index (κ3) is 4.93. The lowest BCUT2D eigenvalue weighted by molar-refractivity contribution is 0.403. The van der Waals surface area contributed by atoms with Crippen molar-refractivity contribution >= 4 is 17.3 Å². The van der Waals surface area contributed by atoms with Crippen molar-refractivity contribution in [2.45, 2.75) is 12.8 Å². The number of thiocarbonyl (C=S) groups is 1. The van der Waals surface area contributed by atoms with E-state index in [1.54, 1.807) is 6.07 Å². The van der Waals surface area contributed by atoms with Crippen molar-refractivity contribution in [3.63, 3.8) is 0 Å². The van der Waals surface area contributed by atoms with E-state index in [9.17, 15) is 5.11 Å². The lowest BCUT2D eigenvalue weighted by Crippen LogP contribution is -2.36. The van der Waals surface area contributed by atoms with Crippen LogP contribution in [0.2, 0.25) is 0 Å². The Morgan fingerprint density at radius 2 is 1.94 bits per heavy atom. The topological polar surface area (TPSA) is 64.5 Å². The zero-order chi connectivity index (χ0) is 13.4. The van der Waals surface area contributed by atoms with Gasteiger partial charge in [-0.2, -0.15) is 0 Å². The molecule has 4 N–H and O–H groups in total. The summed E-state index contributed by atoms with van der Waals surface area (Å²) in [5.74, 6) is 2.29. The maximum atomic E-state index is 9.32. The highest BCUT2D eigenvalue weighted by atomic mass is 32.1. The third-order valence-electron chi connectivity index (χ3n) is 2.29. The molecule has 96 valence electrons. The van der Waals surface area contributed by atoms with Gasteiger partial charge in [-0.25, -0.2) is 0 Å². The fourth-order valence-corrected chi connectivity index (χ4v) is 1.56. The summed E-state index contributed by atoms with van der Waals surface area (Å²) in [4.78, 5) is 0. The lowest BCUT2D eigenvalue weighted by Gasteiger charge is -2.09. The van der Waals surface area contributed by atoms with Gasteiger partial charge < -0.3 is 20.8 Å². The number of phenols is 2. The van der Waals surface area contributed by atoms with Crippen molar-refractivity contribution in [1.82, 2.24) is 10.6 Å². The minimum atomic E-state index is -0.113. The number of hydrogen-bond donors (Lipinski definition) is 4. The van der Waals surface area contributed by atoms with Crippen LogP contribution in [-0.4, -0.2) is 28.4 Å². The van der Waals surface area contributed by atoms with E-state index in [0.29, 0.717) is 31.0 Å². The van der Waals surface area contributed by atoms with E-state index in [1.165, 1.54) is 12.1 Å². The van der Waals surface area contributed by atoms with Crippen LogP contribution in [0.25, 0.3) is 0 Å². The zero-order valence-corrected chi connectivity index (χ0v) is 10.8. The molecule has 0 radical (unpaired) electrons. The molecule has 18 heavy (non-hydrogen) atoms. The average molecular weight is 264 g/mol. The second-order valence-corrected chi connectivity index (χ2v) is 4.12. The summed E-state index contributed by atoms with van der Waals surface area (Å²) in [6.45, 7) is 1.30. The molecule has 0 saturated carbocycles. The van der Waals surface area contributed by atoms with E-state index >= 15 is 0 Å². The van der Waals surface area contributed by atoms with Crippen molar-refractivity contribution in [1.29, 1.82) is 0 Å². The molecule has 0 spiro atoms. The molecule has 0 aliphatic heterocycles. The Morgan fingerprint density at radius 3 is 2.61 bits per heavy atom. The monoisotopic (exact) mass is 264 g/mol. The number of phenolic OH excluding ortho intramolecular Hbond substituents is 2. The van der Waals surface area contributed by atoms with E-state index in [-0.39, 0.29) is 11.5 Å². The fraction of sp³-hybridized carbons (Fsp3) is 0.308. The highest BCUT2D eigenvalue weighted by Gasteiger charge is 2.01. The molecule has 4 nitrogen and oxygen atoms in total. The molecule has 0 fully saturated rings. The lowest BCUT2D eigenvalue weighted by atomic mass is 10.1. The molecule has 0 bridgehead atoms. The highest BCUT2D eigenvalue weighted by molar-refractivity contribution is 7.80. The zero-order valence-electron chi connectivity index (χ0n) is 9.94. The van der Waals surface area contributed by atoms with Crippen LogP contribution < -0.4 is 10.6 Å². The van der Waals surface area contributed by atoms with Crippen LogP contribution in [0.4, 0.5) is 0 Å². The number of rotatable bonds is 5. The van der Waals surface area contributed by atoms with Gasteiger partial charge in [-0.15, -0.1) is 12.3 Å². The Balaban J connectivity index is 2.27. The number of terminal acetylenes is 1. The van der Waals surface area contributed by atoms with Crippen LogP contribution >= 0.6 is 12.2 Å². The first-order valence-electron chi connectivity index (χ1n) is 5.59. The summed E-state index contributed by atoms with van der Waals surface area (Å²) in [6.07, 6.45) is 6.45. The van der Waals surface area contributed by atoms with E-state index in [1.807, 2.05) is 0 Å². The van der Waals surface area contributed by atoms with Crippen molar-refractivity contribution in [3.05, 3.63) is 23.8 Å². The van der Waals surface area contributed by atoms with Gasteiger partial charge >= 0.3 is 0 Å². The van der Waals surface area contributed by atoms with Crippen LogP contribution in [0, 0.1) is 12.3 Å². The molecule has 1 rings (SSSR count). The molecule has 0 heterocycles. The molecule has 1 aromatic carbocycles. The van der Waals surface area contributed by atoms with Crippen molar-refractivity contribution < 1.29 is 10.2 Å². The van der Waals surface area contributed by atoms with Gasteiger partial charge in [0.25, 0.3) is 0 Å². The van der Waals surface area contributed by atoms with Gasteiger partial charge in [0.15, 0.2) is 16.6 Å². The highest BCUT2D eigenvalue weighted by Crippen LogP contribution is 2.24. The van der Waals surface area contributed by atoms with E-state index in [0.717, 1.165) is 5.56 Å². The molecule has 0 aliphatic carbocycles. The molecule has 0 aliphatic rings. The predicted molar refractivity (Wildman–Crippen MR) is 75.5 cm³/mol. The molecule has 1 aromatic rings. The second-order valence-electron chi connectivity index (χ2n) is 3.71. The number of aromatic hydroxyl groups is 2.